The second-order valence-electron chi connectivity index (χ2n) is 4.71. The zero-order chi connectivity index (χ0) is 14.7. The zero-order valence-electron chi connectivity index (χ0n) is 12.4. The van der Waals surface area contributed by atoms with Gasteiger partial charge in [0, 0.05) is 75.2 Å². The Morgan fingerprint density at radius 1 is 0.652 bits per heavy atom. The fourth-order valence-corrected chi connectivity index (χ4v) is 3.19. The van der Waals surface area contributed by atoms with Crippen LogP contribution in [-0.2, 0) is 65.4 Å². The maximum atomic E-state index is 10.4. The molecule has 2 radical (unpaired) electrons. The van der Waals surface area contributed by atoms with E-state index < -0.39 is 12.2 Å². The number of hydrogen-bond donors (Lipinski definition) is 2. The Bertz CT molecular complexity index is 641. The Balaban J connectivity index is 0.00000132. The number of thiophene rings is 1. The summed E-state index contributed by atoms with van der Waals surface area (Å²) in [6.07, 6.45) is -1.34. The molecule has 2 N–H and O–H groups in total. The Hall–Kier alpha value is 0.268. The monoisotopic (exact) mass is 472 g/mol. The Morgan fingerprint density at radius 2 is 1.00 bits per heavy atom. The molecule has 0 bridgehead atoms. The van der Waals surface area contributed by atoms with E-state index in [0.717, 1.165) is 20.9 Å². The maximum absolute atomic E-state index is 10.4. The zero-order valence-corrected chi connectivity index (χ0v) is 18.9. The summed E-state index contributed by atoms with van der Waals surface area (Å²) in [7, 11) is 0. The van der Waals surface area contributed by atoms with E-state index in [1.807, 2.05) is 36.4 Å². The summed E-state index contributed by atoms with van der Waals surface area (Å²) in [4.78, 5) is 1.63. The Morgan fingerprint density at radius 3 is 1.35 bits per heavy atom. The first-order valence-electron chi connectivity index (χ1n) is 6.63. The van der Waals surface area contributed by atoms with E-state index in [-0.39, 0.29) is 65.4 Å². The molecule has 112 valence electrons. The minimum atomic E-state index is -0.672. The normalized spacial score (nSPS) is 12.6. The molecule has 0 fully saturated rings. The van der Waals surface area contributed by atoms with E-state index in [1.54, 1.807) is 24.3 Å². The largest absolute Gasteiger partial charge is 0.385 e. The van der Waals surface area contributed by atoms with E-state index in [1.165, 1.54) is 11.3 Å². The van der Waals surface area contributed by atoms with Crippen molar-refractivity contribution in [1.29, 1.82) is 0 Å². The van der Waals surface area contributed by atoms with Crippen LogP contribution in [0, 0.1) is 12.1 Å². The minimum absolute atomic E-state index is 0. The summed E-state index contributed by atoms with van der Waals surface area (Å²) in [5, 5.41) is 20.7. The van der Waals surface area contributed by atoms with Gasteiger partial charge in [-0.05, 0) is 12.1 Å². The molecule has 0 amide bonds. The SMILES string of the molecule is OC(c1cc[c-]cc1)c1ccc(C(O)c2cc[c-]cc2)s1.[Y].[Y]. The van der Waals surface area contributed by atoms with Crippen LogP contribution < -0.4 is 0 Å². The summed E-state index contributed by atoms with van der Waals surface area (Å²) in [5.74, 6) is 0. The molecule has 2 atom stereocenters. The number of aliphatic hydroxyl groups is 2. The number of aliphatic hydroxyl groups excluding tert-OH is 2. The van der Waals surface area contributed by atoms with Gasteiger partial charge in [0.1, 0.15) is 0 Å². The summed E-state index contributed by atoms with van der Waals surface area (Å²) >= 11 is 1.42. The smallest absolute Gasteiger partial charge is 0.0913 e. The van der Waals surface area contributed by atoms with Gasteiger partial charge in [-0.2, -0.15) is 60.7 Å². The molecule has 1 aromatic heterocycles. The minimum Gasteiger partial charge on any atom is -0.385 e. The fraction of sp³-hybridized carbons (Fsp3) is 0.111. The fourth-order valence-electron chi connectivity index (χ4n) is 2.16. The van der Waals surface area contributed by atoms with Crippen molar-refractivity contribution < 1.29 is 75.6 Å². The first-order chi connectivity index (χ1) is 10.3. The van der Waals surface area contributed by atoms with Gasteiger partial charge >= 0.3 is 0 Å². The van der Waals surface area contributed by atoms with E-state index in [9.17, 15) is 10.2 Å². The summed E-state index contributed by atoms with van der Waals surface area (Å²) in [6.45, 7) is 0. The van der Waals surface area contributed by atoms with Crippen LogP contribution in [0.2, 0.25) is 0 Å². The second kappa shape index (κ2) is 10.3. The molecule has 0 spiro atoms. The third kappa shape index (κ3) is 5.37. The van der Waals surface area contributed by atoms with E-state index >= 15 is 0 Å². The van der Waals surface area contributed by atoms with Gasteiger partial charge in [0.25, 0.3) is 0 Å². The topological polar surface area (TPSA) is 40.5 Å². The van der Waals surface area contributed by atoms with Gasteiger partial charge in [-0.1, -0.05) is 0 Å². The third-order valence-corrected chi connectivity index (χ3v) is 4.50. The van der Waals surface area contributed by atoms with Crippen LogP contribution in [0.4, 0.5) is 0 Å². The molecule has 1 heterocycles. The first-order valence-corrected chi connectivity index (χ1v) is 7.45. The van der Waals surface area contributed by atoms with Crippen molar-refractivity contribution >= 4 is 11.3 Å². The molecule has 5 heteroatoms. The summed E-state index contributed by atoms with van der Waals surface area (Å²) < 4.78 is 0. The van der Waals surface area contributed by atoms with Crippen LogP contribution in [0.5, 0.6) is 0 Å². The van der Waals surface area contributed by atoms with Crippen molar-refractivity contribution in [3.8, 4) is 0 Å². The van der Waals surface area contributed by atoms with Gasteiger partial charge in [-0.15, -0.1) is 22.5 Å². The molecule has 0 aliphatic rings. The molecule has 3 aromatic rings. The van der Waals surface area contributed by atoms with Gasteiger partial charge < -0.3 is 10.2 Å². The molecule has 2 aromatic carbocycles. The van der Waals surface area contributed by atoms with Crippen molar-refractivity contribution in [3.63, 3.8) is 0 Å². The molecule has 2 nitrogen and oxygen atoms in total. The van der Waals surface area contributed by atoms with Crippen molar-refractivity contribution in [2.45, 2.75) is 12.2 Å². The van der Waals surface area contributed by atoms with Crippen LogP contribution in [0.1, 0.15) is 33.1 Å². The van der Waals surface area contributed by atoms with E-state index in [2.05, 4.69) is 12.1 Å². The van der Waals surface area contributed by atoms with Crippen molar-refractivity contribution in [1.82, 2.24) is 0 Å². The quantitative estimate of drug-likeness (QED) is 0.571. The maximum Gasteiger partial charge on any atom is 0.0913 e. The molecule has 0 saturated heterocycles. The average Bonchev–Trinajstić information content (AvgIpc) is 3.05. The first kappa shape index (κ1) is 21.3. The molecule has 23 heavy (non-hydrogen) atoms. The standard InChI is InChI=1S/C18H14O2S.2Y/c19-17(13-7-3-1-4-8-13)15-11-12-16(21-15)18(20)14-9-5-2-6-10-14;;/h3-12,17-20H;;/q-2;;. The summed E-state index contributed by atoms with van der Waals surface area (Å²) in [6, 6.07) is 24.1. The van der Waals surface area contributed by atoms with Crippen LogP contribution in [0.25, 0.3) is 0 Å². The molecule has 0 aliphatic carbocycles. The molecule has 2 unspecified atom stereocenters. The van der Waals surface area contributed by atoms with Gasteiger partial charge in [-0.25, -0.2) is 0 Å². The van der Waals surface area contributed by atoms with Gasteiger partial charge in [-0.3, -0.25) is 0 Å². The molecule has 0 aliphatic heterocycles. The second-order valence-corrected chi connectivity index (χ2v) is 5.86. The van der Waals surface area contributed by atoms with Crippen LogP contribution in [0.3, 0.4) is 0 Å². The molecule has 3 rings (SSSR count). The average molecular weight is 472 g/mol. The molecular formula is C18H14O2SY2-2. The van der Waals surface area contributed by atoms with Gasteiger partial charge in [0.05, 0.1) is 12.2 Å². The number of benzene rings is 2. The predicted octanol–water partition coefficient (Wildman–Crippen LogP) is 3.51. The van der Waals surface area contributed by atoms with Crippen LogP contribution >= 0.6 is 11.3 Å². The van der Waals surface area contributed by atoms with Crippen LogP contribution in [0.15, 0.2) is 60.7 Å². The number of rotatable bonds is 4. The molecule has 0 saturated carbocycles. The van der Waals surface area contributed by atoms with Crippen LogP contribution in [-0.4, -0.2) is 10.2 Å². The van der Waals surface area contributed by atoms with Gasteiger partial charge in [0.15, 0.2) is 0 Å². The third-order valence-electron chi connectivity index (χ3n) is 3.31. The predicted molar refractivity (Wildman–Crippen MR) is 83.0 cm³/mol. The Kier molecular flexibility index (Phi) is 9.55. The van der Waals surface area contributed by atoms with Crippen molar-refractivity contribution in [2.24, 2.45) is 0 Å². The Labute approximate surface area is 190 Å². The van der Waals surface area contributed by atoms with E-state index in [4.69, 9.17) is 0 Å². The summed E-state index contributed by atoms with van der Waals surface area (Å²) in [5.41, 5.74) is 1.65. The number of hydrogen-bond acceptors (Lipinski definition) is 3. The van der Waals surface area contributed by atoms with E-state index in [0.29, 0.717) is 0 Å². The molecular weight excluding hydrogens is 458 g/mol. The van der Waals surface area contributed by atoms with Gasteiger partial charge in [0.2, 0.25) is 0 Å². The van der Waals surface area contributed by atoms with Crippen molar-refractivity contribution in [2.75, 3.05) is 0 Å². The van der Waals surface area contributed by atoms with Crippen molar-refractivity contribution in [3.05, 3.63) is 93.7 Å².